The van der Waals surface area contributed by atoms with Crippen molar-refractivity contribution < 1.29 is 0 Å². The van der Waals surface area contributed by atoms with Gasteiger partial charge < -0.3 is 9.13 Å². The minimum absolute atomic E-state index is 0.447. The molecule has 0 N–H and O–H groups in total. The van der Waals surface area contributed by atoms with Crippen LogP contribution < -0.4 is 0 Å². The molecule has 242 valence electrons. The van der Waals surface area contributed by atoms with E-state index in [2.05, 4.69) is 124 Å². The molecule has 0 amide bonds. The summed E-state index contributed by atoms with van der Waals surface area (Å²) in [6.07, 6.45) is 0. The Balaban J connectivity index is 1.45. The normalized spacial score (nSPS) is 11.4. The van der Waals surface area contributed by atoms with E-state index in [1.807, 2.05) is 66.7 Å². The molecule has 5 heteroatoms. The molecule has 0 bridgehead atoms. The van der Waals surface area contributed by atoms with Crippen molar-refractivity contribution in [3.8, 4) is 51.3 Å². The van der Waals surface area contributed by atoms with Crippen LogP contribution in [0.25, 0.3) is 88.9 Å². The van der Waals surface area contributed by atoms with E-state index >= 15 is 0 Å². The molecule has 0 aliphatic heterocycles. The second-order valence-electron chi connectivity index (χ2n) is 12.9. The molecule has 0 spiro atoms. The summed E-state index contributed by atoms with van der Waals surface area (Å²) in [7, 11) is 0. The van der Waals surface area contributed by atoms with E-state index in [9.17, 15) is 5.26 Å². The molecule has 3 aromatic heterocycles. The number of aromatic nitrogens is 4. The molecule has 3 heterocycles. The highest BCUT2D eigenvalue weighted by molar-refractivity contribution is 6.29. The lowest BCUT2D eigenvalue weighted by Gasteiger charge is -2.16. The number of fused-ring (bicyclic) bond motifs is 7. The summed E-state index contributed by atoms with van der Waals surface area (Å²) in [6.45, 7) is 0. The van der Waals surface area contributed by atoms with Crippen LogP contribution in [0.15, 0.2) is 176 Å². The Labute approximate surface area is 299 Å². The predicted molar refractivity (Wildman–Crippen MR) is 212 cm³/mol. The van der Waals surface area contributed by atoms with Gasteiger partial charge in [-0.1, -0.05) is 133 Å². The van der Waals surface area contributed by atoms with Gasteiger partial charge in [0.15, 0.2) is 5.82 Å². The Morgan fingerprint density at radius 3 is 1.42 bits per heavy atom. The van der Waals surface area contributed by atoms with Gasteiger partial charge in [0.05, 0.1) is 33.5 Å². The lowest BCUT2D eigenvalue weighted by Crippen LogP contribution is -2.03. The lowest BCUT2D eigenvalue weighted by molar-refractivity contribution is 1.15. The number of hydrogen-bond donors (Lipinski definition) is 0. The van der Waals surface area contributed by atoms with Crippen LogP contribution in [0.5, 0.6) is 0 Å². The van der Waals surface area contributed by atoms with Crippen molar-refractivity contribution >= 4 is 43.6 Å². The standard InChI is InChI=1S/C47H29N5/c48-30-39-43(31-17-5-1-6-18-31)49-47(50-44(39)32-19-7-2-8-20-32)38-29-37-35-25-13-15-27-40(35)51(33-21-9-3-10-22-33)45(37)42-36-26-14-16-28-41(36)52(46(38)42)34-23-11-4-12-24-34/h1-29H. The van der Waals surface area contributed by atoms with Gasteiger partial charge in [-0.15, -0.1) is 0 Å². The minimum atomic E-state index is 0.447. The van der Waals surface area contributed by atoms with Crippen molar-refractivity contribution in [2.75, 3.05) is 0 Å². The van der Waals surface area contributed by atoms with Gasteiger partial charge in [-0.3, -0.25) is 0 Å². The third-order valence-corrected chi connectivity index (χ3v) is 9.95. The minimum Gasteiger partial charge on any atom is -0.309 e. The van der Waals surface area contributed by atoms with Crippen LogP contribution in [0.3, 0.4) is 0 Å². The van der Waals surface area contributed by atoms with Crippen molar-refractivity contribution in [1.29, 1.82) is 5.26 Å². The second kappa shape index (κ2) is 11.9. The molecule has 0 aliphatic rings. The number of para-hydroxylation sites is 4. The molecule has 0 fully saturated rings. The van der Waals surface area contributed by atoms with Gasteiger partial charge in [-0.25, -0.2) is 9.97 Å². The zero-order chi connectivity index (χ0) is 34.6. The number of hydrogen-bond acceptors (Lipinski definition) is 3. The SMILES string of the molecule is N#Cc1c(-c2ccccc2)nc(-c2cc3c4ccccc4n(-c4ccccc4)c3c3c4ccccc4n(-c4ccccc4)c23)nc1-c1ccccc1. The Kier molecular flexibility index (Phi) is 6.80. The zero-order valence-corrected chi connectivity index (χ0v) is 28.0. The fourth-order valence-electron chi connectivity index (χ4n) is 7.76. The van der Waals surface area contributed by atoms with E-state index in [4.69, 9.17) is 9.97 Å². The molecule has 7 aromatic carbocycles. The quantitative estimate of drug-likeness (QED) is 0.184. The van der Waals surface area contributed by atoms with E-state index in [-0.39, 0.29) is 0 Å². The van der Waals surface area contributed by atoms with E-state index in [0.29, 0.717) is 22.8 Å². The van der Waals surface area contributed by atoms with Gasteiger partial charge in [0.2, 0.25) is 0 Å². The van der Waals surface area contributed by atoms with Crippen molar-refractivity contribution in [2.45, 2.75) is 0 Å². The van der Waals surface area contributed by atoms with Gasteiger partial charge in [0.25, 0.3) is 0 Å². The van der Waals surface area contributed by atoms with E-state index in [0.717, 1.165) is 71.7 Å². The Morgan fingerprint density at radius 2 is 0.885 bits per heavy atom. The number of nitriles is 1. The van der Waals surface area contributed by atoms with Crippen molar-refractivity contribution in [3.63, 3.8) is 0 Å². The summed E-state index contributed by atoms with van der Waals surface area (Å²) in [6, 6.07) is 63.0. The molecule has 0 aliphatic carbocycles. The van der Waals surface area contributed by atoms with Crippen LogP contribution in [-0.2, 0) is 0 Å². The molecule has 0 saturated carbocycles. The van der Waals surface area contributed by atoms with E-state index in [1.165, 1.54) is 0 Å². The monoisotopic (exact) mass is 663 g/mol. The molecular formula is C47H29N5. The highest BCUT2D eigenvalue weighted by Crippen LogP contribution is 2.46. The average molecular weight is 664 g/mol. The highest BCUT2D eigenvalue weighted by atomic mass is 15.0. The van der Waals surface area contributed by atoms with Crippen LogP contribution in [0, 0.1) is 11.3 Å². The van der Waals surface area contributed by atoms with Crippen LogP contribution in [0.1, 0.15) is 5.56 Å². The van der Waals surface area contributed by atoms with Crippen molar-refractivity contribution in [1.82, 2.24) is 19.1 Å². The molecular weight excluding hydrogens is 635 g/mol. The Bertz CT molecular complexity index is 2930. The Hall–Kier alpha value is -7.29. The van der Waals surface area contributed by atoms with E-state index < -0.39 is 0 Å². The van der Waals surface area contributed by atoms with Gasteiger partial charge in [-0.05, 0) is 42.5 Å². The third-order valence-electron chi connectivity index (χ3n) is 9.95. The first-order valence-corrected chi connectivity index (χ1v) is 17.3. The first kappa shape index (κ1) is 29.6. The van der Waals surface area contributed by atoms with Crippen molar-refractivity contribution in [3.05, 3.63) is 181 Å². The third kappa shape index (κ3) is 4.49. The maximum atomic E-state index is 10.7. The van der Waals surface area contributed by atoms with Crippen LogP contribution in [0.2, 0.25) is 0 Å². The smallest absolute Gasteiger partial charge is 0.162 e. The van der Waals surface area contributed by atoms with Gasteiger partial charge in [0.1, 0.15) is 11.6 Å². The number of benzene rings is 7. The maximum Gasteiger partial charge on any atom is 0.162 e. The first-order chi connectivity index (χ1) is 25.8. The highest BCUT2D eigenvalue weighted by Gasteiger charge is 2.27. The molecule has 10 aromatic rings. The number of rotatable bonds is 5. The van der Waals surface area contributed by atoms with Crippen molar-refractivity contribution in [2.24, 2.45) is 0 Å². The summed E-state index contributed by atoms with van der Waals surface area (Å²) in [5.74, 6) is 0.556. The molecule has 0 radical (unpaired) electrons. The first-order valence-electron chi connectivity index (χ1n) is 17.3. The molecule has 0 unspecified atom stereocenters. The Morgan fingerprint density at radius 1 is 0.442 bits per heavy atom. The summed E-state index contributed by atoms with van der Waals surface area (Å²) < 4.78 is 4.74. The van der Waals surface area contributed by atoms with E-state index in [1.54, 1.807) is 0 Å². The summed E-state index contributed by atoms with van der Waals surface area (Å²) in [5.41, 5.74) is 10.7. The molecule has 10 rings (SSSR count). The lowest BCUT2D eigenvalue weighted by atomic mass is 9.99. The average Bonchev–Trinajstić information content (AvgIpc) is 3.74. The zero-order valence-electron chi connectivity index (χ0n) is 28.0. The maximum absolute atomic E-state index is 10.7. The van der Waals surface area contributed by atoms with Crippen LogP contribution in [0.4, 0.5) is 0 Å². The molecule has 0 atom stereocenters. The number of nitrogens with zero attached hydrogens (tertiary/aromatic N) is 5. The summed E-state index contributed by atoms with van der Waals surface area (Å²) in [5, 5.41) is 15.2. The second-order valence-corrected chi connectivity index (χ2v) is 12.9. The topological polar surface area (TPSA) is 59.4 Å². The van der Waals surface area contributed by atoms with Crippen LogP contribution in [-0.4, -0.2) is 19.1 Å². The largest absolute Gasteiger partial charge is 0.309 e. The van der Waals surface area contributed by atoms with Crippen LogP contribution >= 0.6 is 0 Å². The fourth-order valence-corrected chi connectivity index (χ4v) is 7.76. The van der Waals surface area contributed by atoms with Gasteiger partial charge >= 0.3 is 0 Å². The summed E-state index contributed by atoms with van der Waals surface area (Å²) in [4.78, 5) is 10.6. The molecule has 52 heavy (non-hydrogen) atoms. The summed E-state index contributed by atoms with van der Waals surface area (Å²) >= 11 is 0. The van der Waals surface area contributed by atoms with Gasteiger partial charge in [0, 0.05) is 49.6 Å². The molecule has 5 nitrogen and oxygen atoms in total. The van der Waals surface area contributed by atoms with Gasteiger partial charge in [-0.2, -0.15) is 5.26 Å². The predicted octanol–water partition coefficient (Wildman–Crippen LogP) is 11.5. The fraction of sp³-hybridized carbons (Fsp3) is 0. The molecule has 0 saturated heterocycles.